The molecule has 2 radical (unpaired) electrons. The average molecular weight is 180 g/mol. The lowest BCUT2D eigenvalue weighted by Gasteiger charge is -1.90. The van der Waals surface area contributed by atoms with Gasteiger partial charge in [-0.15, -0.1) is 11.3 Å². The van der Waals surface area contributed by atoms with E-state index in [1.165, 1.54) is 17.7 Å². The minimum atomic E-state index is 0.469. The largest absolute Gasteiger partial charge is 0.236 e. The zero-order valence-corrected chi connectivity index (χ0v) is 6.99. The van der Waals surface area contributed by atoms with E-state index in [-0.39, 0.29) is 0 Å². The highest BCUT2D eigenvalue weighted by Gasteiger charge is 2.04. The fraction of sp³-hybridized carbons (Fsp3) is 0. The van der Waals surface area contributed by atoms with Gasteiger partial charge in [-0.25, -0.2) is 9.97 Å². The molecule has 0 bridgehead atoms. The van der Waals surface area contributed by atoms with Crippen LogP contribution < -0.4 is 5.46 Å². The quantitative estimate of drug-likeness (QED) is 0.449. The molecule has 2 nitrogen and oxygen atoms in total. The fourth-order valence-electron chi connectivity index (χ4n) is 0.841. The minimum absolute atomic E-state index is 0.469. The van der Waals surface area contributed by atoms with Crippen molar-refractivity contribution < 1.29 is 0 Å². The molecule has 2 aromatic heterocycles. The molecular weight excluding hydrogens is 178 g/mol. The van der Waals surface area contributed by atoms with Crippen LogP contribution in [0.25, 0.3) is 10.2 Å². The molecule has 0 N–H and O–H groups in total. The van der Waals surface area contributed by atoms with Crippen LogP contribution in [-0.4, -0.2) is 17.8 Å². The summed E-state index contributed by atoms with van der Waals surface area (Å²) in [7, 11) is 5.61. The van der Waals surface area contributed by atoms with E-state index in [4.69, 9.17) is 19.4 Å². The SMILES string of the molecule is [B]c1csc2c(Cl)ncnc12. The maximum absolute atomic E-state index is 5.77. The van der Waals surface area contributed by atoms with E-state index in [0.717, 1.165) is 10.2 Å². The Labute approximate surface area is 73.6 Å². The summed E-state index contributed by atoms with van der Waals surface area (Å²) in [6.07, 6.45) is 1.41. The van der Waals surface area contributed by atoms with Crippen LogP contribution in [0.2, 0.25) is 5.15 Å². The van der Waals surface area contributed by atoms with E-state index < -0.39 is 0 Å². The molecule has 0 saturated carbocycles. The molecule has 0 atom stereocenters. The minimum Gasteiger partial charge on any atom is -0.236 e. The molecule has 0 saturated heterocycles. The number of aromatic nitrogens is 2. The molecule has 52 valence electrons. The molecule has 0 aliphatic rings. The molecule has 11 heavy (non-hydrogen) atoms. The smallest absolute Gasteiger partial charge is 0.150 e. The fourth-order valence-corrected chi connectivity index (χ4v) is 1.90. The van der Waals surface area contributed by atoms with Gasteiger partial charge in [0.2, 0.25) is 0 Å². The van der Waals surface area contributed by atoms with Crippen LogP contribution in [0.1, 0.15) is 0 Å². The third kappa shape index (κ3) is 1.02. The van der Waals surface area contributed by atoms with Crippen LogP contribution in [0.15, 0.2) is 11.7 Å². The third-order valence-corrected chi connectivity index (χ3v) is 2.73. The Kier molecular flexibility index (Phi) is 1.58. The van der Waals surface area contributed by atoms with E-state index in [9.17, 15) is 0 Å². The van der Waals surface area contributed by atoms with Crippen LogP contribution in [0.4, 0.5) is 0 Å². The number of rotatable bonds is 0. The first-order chi connectivity index (χ1) is 5.29. The second-order valence-electron chi connectivity index (χ2n) is 2.03. The van der Waals surface area contributed by atoms with Gasteiger partial charge in [0.15, 0.2) is 0 Å². The van der Waals surface area contributed by atoms with Gasteiger partial charge in [-0.3, -0.25) is 0 Å². The first kappa shape index (κ1) is 7.07. The van der Waals surface area contributed by atoms with Gasteiger partial charge in [0.05, 0.1) is 10.2 Å². The standard InChI is InChI=1S/C6H2BClN2S/c7-3-1-11-5-4(3)9-2-10-6(5)8/h1-2H. The number of thiophene rings is 1. The Hall–Kier alpha value is -0.605. The third-order valence-electron chi connectivity index (χ3n) is 1.34. The van der Waals surface area contributed by atoms with Gasteiger partial charge in [0.1, 0.15) is 19.3 Å². The van der Waals surface area contributed by atoms with Gasteiger partial charge in [-0.2, -0.15) is 0 Å². The maximum atomic E-state index is 5.77. The molecule has 0 aromatic carbocycles. The number of halogens is 1. The van der Waals surface area contributed by atoms with Crippen molar-refractivity contribution in [1.82, 2.24) is 9.97 Å². The zero-order chi connectivity index (χ0) is 7.84. The van der Waals surface area contributed by atoms with E-state index in [0.29, 0.717) is 10.6 Å². The predicted molar refractivity (Wildman–Crippen MR) is 47.8 cm³/mol. The molecule has 2 rings (SSSR count). The first-order valence-corrected chi connectivity index (χ1v) is 4.18. The number of fused-ring (bicyclic) bond motifs is 1. The van der Waals surface area contributed by atoms with Crippen LogP contribution in [0.3, 0.4) is 0 Å². The van der Waals surface area contributed by atoms with Gasteiger partial charge < -0.3 is 0 Å². The lowest BCUT2D eigenvalue weighted by Crippen LogP contribution is -1.99. The van der Waals surface area contributed by atoms with Crippen LogP contribution in [0.5, 0.6) is 0 Å². The molecule has 0 fully saturated rings. The highest BCUT2D eigenvalue weighted by atomic mass is 35.5. The first-order valence-electron chi connectivity index (χ1n) is 2.92. The molecule has 5 heteroatoms. The van der Waals surface area contributed by atoms with Crippen molar-refractivity contribution in [3.05, 3.63) is 16.9 Å². The number of hydrogen-bond acceptors (Lipinski definition) is 3. The Morgan fingerprint density at radius 3 is 3.00 bits per heavy atom. The lowest BCUT2D eigenvalue weighted by molar-refractivity contribution is 1.23. The van der Waals surface area contributed by atoms with Gasteiger partial charge in [-0.1, -0.05) is 17.1 Å². The van der Waals surface area contributed by atoms with Crippen molar-refractivity contribution >= 4 is 46.5 Å². The Bertz CT molecular complexity index is 400. The van der Waals surface area contributed by atoms with Crippen molar-refractivity contribution in [1.29, 1.82) is 0 Å². The van der Waals surface area contributed by atoms with Gasteiger partial charge >= 0.3 is 0 Å². The Morgan fingerprint density at radius 2 is 2.27 bits per heavy atom. The normalized spacial score (nSPS) is 10.6. The van der Waals surface area contributed by atoms with Crippen LogP contribution in [-0.2, 0) is 0 Å². The highest BCUT2D eigenvalue weighted by Crippen LogP contribution is 2.22. The average Bonchev–Trinajstić information content (AvgIpc) is 2.35. The van der Waals surface area contributed by atoms with E-state index in [2.05, 4.69) is 9.97 Å². The van der Waals surface area contributed by atoms with Crippen molar-refractivity contribution in [2.45, 2.75) is 0 Å². The summed E-state index contributed by atoms with van der Waals surface area (Å²) in [6.45, 7) is 0. The highest BCUT2D eigenvalue weighted by molar-refractivity contribution is 7.18. The summed E-state index contributed by atoms with van der Waals surface area (Å²) in [5, 5.41) is 2.28. The zero-order valence-electron chi connectivity index (χ0n) is 5.41. The molecule has 0 amide bonds. The predicted octanol–water partition coefficient (Wildman–Crippen LogP) is 1.14. The topological polar surface area (TPSA) is 25.8 Å². The lowest BCUT2D eigenvalue weighted by atomic mass is 9.99. The monoisotopic (exact) mass is 180 g/mol. The number of nitrogens with zero attached hydrogens (tertiary/aromatic N) is 2. The van der Waals surface area contributed by atoms with Crippen LogP contribution >= 0.6 is 22.9 Å². The summed E-state index contributed by atoms with van der Waals surface area (Å²) in [5.41, 5.74) is 1.41. The molecule has 0 aliphatic heterocycles. The molecular formula is C6H2BClN2S. The van der Waals surface area contributed by atoms with E-state index in [1.807, 2.05) is 5.38 Å². The summed E-state index contributed by atoms with van der Waals surface area (Å²) < 4.78 is 0.853. The van der Waals surface area contributed by atoms with Crippen LogP contribution in [0, 0.1) is 0 Å². The second-order valence-corrected chi connectivity index (χ2v) is 3.27. The summed E-state index contributed by atoms with van der Waals surface area (Å²) in [5.74, 6) is 0. The van der Waals surface area contributed by atoms with Gasteiger partial charge in [-0.05, 0) is 5.38 Å². The Balaban J connectivity index is 2.94. The molecule has 0 aliphatic carbocycles. The number of hydrogen-bond donors (Lipinski definition) is 0. The van der Waals surface area contributed by atoms with E-state index in [1.54, 1.807) is 0 Å². The Morgan fingerprint density at radius 1 is 1.45 bits per heavy atom. The van der Waals surface area contributed by atoms with Crippen molar-refractivity contribution in [2.24, 2.45) is 0 Å². The van der Waals surface area contributed by atoms with Crippen molar-refractivity contribution in [3.8, 4) is 0 Å². The summed E-state index contributed by atoms with van der Waals surface area (Å²) in [4.78, 5) is 7.82. The van der Waals surface area contributed by atoms with Gasteiger partial charge in [0, 0.05) is 0 Å². The molecule has 0 unspecified atom stereocenters. The van der Waals surface area contributed by atoms with E-state index >= 15 is 0 Å². The second kappa shape index (κ2) is 2.46. The van der Waals surface area contributed by atoms with Crippen molar-refractivity contribution in [2.75, 3.05) is 0 Å². The maximum Gasteiger partial charge on any atom is 0.150 e. The summed E-state index contributed by atoms with van der Waals surface area (Å²) >= 11 is 7.23. The summed E-state index contributed by atoms with van der Waals surface area (Å²) in [6, 6.07) is 0. The molecule has 0 spiro atoms. The van der Waals surface area contributed by atoms with Crippen molar-refractivity contribution in [3.63, 3.8) is 0 Å². The van der Waals surface area contributed by atoms with Gasteiger partial charge in [0.25, 0.3) is 0 Å². The molecule has 2 aromatic rings. The molecule has 2 heterocycles.